The molecule has 1 aliphatic carbocycles. The van der Waals surface area contributed by atoms with E-state index < -0.39 is 0 Å². The van der Waals surface area contributed by atoms with Crippen molar-refractivity contribution in [1.82, 2.24) is 0 Å². The van der Waals surface area contributed by atoms with Crippen LogP contribution in [-0.2, 0) is 5.41 Å². The van der Waals surface area contributed by atoms with Gasteiger partial charge in [0.25, 0.3) is 0 Å². The zero-order chi connectivity index (χ0) is 28.3. The summed E-state index contributed by atoms with van der Waals surface area (Å²) in [4.78, 5) is 2.45. The third kappa shape index (κ3) is 4.25. The van der Waals surface area contributed by atoms with E-state index in [9.17, 15) is 0 Å². The maximum atomic E-state index is 2.45. The normalized spacial score (nSPS) is 12.9. The van der Waals surface area contributed by atoms with E-state index in [1.165, 1.54) is 66.3 Å². The Balaban J connectivity index is 0.00000300. The maximum Gasteiger partial charge on any atom is 0.0546 e. The Kier molecular flexibility index (Phi) is 6.44. The number of anilines is 3. The molecule has 0 amide bonds. The number of fused-ring (bicyclic) bond motifs is 6. The van der Waals surface area contributed by atoms with E-state index in [2.05, 4.69) is 170 Å². The molecular formula is C41H35BN-. The summed E-state index contributed by atoms with van der Waals surface area (Å²) in [6.45, 7) is 4.71. The third-order valence-electron chi connectivity index (χ3n) is 9.05. The second-order valence-electron chi connectivity index (χ2n) is 11.8. The fraction of sp³-hybridized carbons (Fsp3) is 0.0732. The molecule has 0 saturated carbocycles. The second kappa shape index (κ2) is 10.3. The number of hydrogen-bond acceptors (Lipinski definition) is 1. The SMILES string of the molecule is CC1(C)c2ccccc2-c2ccc(N(c3ccc(-c4ccccc4)cc3)c3cccc4ccc5ccccc5c34)cc21.[BH4-]. The maximum absolute atomic E-state index is 2.45. The molecule has 1 nitrogen and oxygen atoms in total. The van der Waals surface area contributed by atoms with Crippen LogP contribution < -0.4 is 4.90 Å². The van der Waals surface area contributed by atoms with E-state index in [-0.39, 0.29) is 13.8 Å². The molecule has 0 heterocycles. The fourth-order valence-electron chi connectivity index (χ4n) is 6.92. The summed E-state index contributed by atoms with van der Waals surface area (Å²) < 4.78 is 0. The Hall–Kier alpha value is -5.08. The molecule has 0 atom stereocenters. The van der Waals surface area contributed by atoms with Crippen LogP contribution in [0, 0.1) is 0 Å². The van der Waals surface area contributed by atoms with Gasteiger partial charge in [0, 0.05) is 22.2 Å². The van der Waals surface area contributed by atoms with Gasteiger partial charge in [0.1, 0.15) is 0 Å². The predicted octanol–water partition coefficient (Wildman–Crippen LogP) is 9.98. The van der Waals surface area contributed by atoms with Crippen molar-refractivity contribution in [3.8, 4) is 22.3 Å². The van der Waals surface area contributed by atoms with Crippen LogP contribution in [0.25, 0.3) is 43.8 Å². The topological polar surface area (TPSA) is 3.24 Å². The van der Waals surface area contributed by atoms with E-state index in [1.807, 2.05) is 0 Å². The molecule has 0 saturated heterocycles. The van der Waals surface area contributed by atoms with Crippen molar-refractivity contribution < 1.29 is 0 Å². The van der Waals surface area contributed by atoms with E-state index in [4.69, 9.17) is 0 Å². The molecule has 7 aromatic rings. The van der Waals surface area contributed by atoms with Crippen LogP contribution in [0.2, 0.25) is 0 Å². The Morgan fingerprint density at radius 1 is 0.465 bits per heavy atom. The van der Waals surface area contributed by atoms with E-state index >= 15 is 0 Å². The van der Waals surface area contributed by atoms with E-state index in [0.717, 1.165) is 5.69 Å². The summed E-state index contributed by atoms with van der Waals surface area (Å²) in [5.41, 5.74) is 11.3. The molecular weight excluding hydrogens is 517 g/mol. The number of rotatable bonds is 4. The van der Waals surface area contributed by atoms with Gasteiger partial charge in [0.05, 0.1) is 5.69 Å². The highest BCUT2D eigenvalue weighted by molar-refractivity contribution is 6.15. The minimum absolute atomic E-state index is 0. The lowest BCUT2D eigenvalue weighted by Gasteiger charge is -2.29. The molecule has 208 valence electrons. The Morgan fingerprint density at radius 3 is 1.93 bits per heavy atom. The monoisotopic (exact) mass is 552 g/mol. The number of hydrogen-bond donors (Lipinski definition) is 0. The summed E-state index contributed by atoms with van der Waals surface area (Å²) in [6.07, 6.45) is 0. The Bertz CT molecular complexity index is 2110. The molecule has 0 unspecified atom stereocenters. The average Bonchev–Trinajstić information content (AvgIpc) is 3.28. The highest BCUT2D eigenvalue weighted by Gasteiger charge is 2.35. The van der Waals surface area contributed by atoms with E-state index in [0.29, 0.717) is 0 Å². The van der Waals surface area contributed by atoms with Crippen LogP contribution in [0.5, 0.6) is 0 Å². The molecule has 43 heavy (non-hydrogen) atoms. The molecule has 1 aliphatic rings. The van der Waals surface area contributed by atoms with Gasteiger partial charge in [-0.1, -0.05) is 144 Å². The van der Waals surface area contributed by atoms with Crippen LogP contribution in [-0.4, -0.2) is 8.41 Å². The van der Waals surface area contributed by atoms with Gasteiger partial charge in [-0.05, 0) is 79.9 Å². The van der Waals surface area contributed by atoms with Gasteiger partial charge in [0.15, 0.2) is 0 Å². The molecule has 0 spiro atoms. The standard InChI is InChI=1S/C41H31N.BH4/c1-41(2)37-17-9-8-16-35(37)36-26-25-33(27-38(36)41)42(32-23-21-29(22-24-32)28-11-4-3-5-12-28)39-18-10-14-31-20-19-30-13-6-7-15-34(30)40(31)39;/h3-27H,1-2H3;1H4/q;-1. The highest BCUT2D eigenvalue weighted by atomic mass is 15.1. The first-order valence-corrected chi connectivity index (χ1v) is 14.7. The minimum Gasteiger partial charge on any atom is -0.310 e. The van der Waals surface area contributed by atoms with E-state index in [1.54, 1.807) is 0 Å². The third-order valence-corrected chi connectivity index (χ3v) is 9.05. The first-order valence-electron chi connectivity index (χ1n) is 14.7. The molecule has 8 rings (SSSR count). The molecule has 0 bridgehead atoms. The summed E-state index contributed by atoms with van der Waals surface area (Å²) in [6, 6.07) is 55.4. The lowest BCUT2D eigenvalue weighted by molar-refractivity contribution is 0.660. The van der Waals surface area contributed by atoms with Crippen molar-refractivity contribution in [2.24, 2.45) is 0 Å². The van der Waals surface area contributed by atoms with Gasteiger partial charge in [-0.2, -0.15) is 0 Å². The van der Waals surface area contributed by atoms with Crippen LogP contribution in [0.4, 0.5) is 17.1 Å². The van der Waals surface area contributed by atoms with Gasteiger partial charge < -0.3 is 4.90 Å². The first-order chi connectivity index (χ1) is 20.6. The molecule has 0 radical (unpaired) electrons. The smallest absolute Gasteiger partial charge is 0.0546 e. The van der Waals surface area contributed by atoms with Crippen molar-refractivity contribution in [1.29, 1.82) is 0 Å². The van der Waals surface area contributed by atoms with Crippen LogP contribution in [0.15, 0.2) is 152 Å². The van der Waals surface area contributed by atoms with Gasteiger partial charge in [-0.3, -0.25) is 0 Å². The molecule has 0 aromatic heterocycles. The largest absolute Gasteiger partial charge is 0.310 e. The summed E-state index contributed by atoms with van der Waals surface area (Å²) in [5, 5.41) is 5.03. The molecule has 7 aromatic carbocycles. The second-order valence-corrected chi connectivity index (χ2v) is 11.8. The van der Waals surface area contributed by atoms with Gasteiger partial charge >= 0.3 is 0 Å². The molecule has 2 heteroatoms. The van der Waals surface area contributed by atoms with Crippen molar-refractivity contribution in [3.05, 3.63) is 163 Å². The molecule has 0 aliphatic heterocycles. The minimum atomic E-state index is -0.0732. The highest BCUT2D eigenvalue weighted by Crippen LogP contribution is 2.51. The van der Waals surface area contributed by atoms with Crippen LogP contribution in [0.3, 0.4) is 0 Å². The lowest BCUT2D eigenvalue weighted by atomic mass is 9.82. The Morgan fingerprint density at radius 2 is 1.09 bits per heavy atom. The lowest BCUT2D eigenvalue weighted by Crippen LogP contribution is -2.16. The van der Waals surface area contributed by atoms with Crippen LogP contribution >= 0.6 is 0 Å². The number of benzene rings is 7. The summed E-state index contributed by atoms with van der Waals surface area (Å²) in [7, 11) is 0. The molecule has 0 fully saturated rings. The summed E-state index contributed by atoms with van der Waals surface area (Å²) in [5.74, 6) is 0. The predicted molar refractivity (Wildman–Crippen MR) is 190 cm³/mol. The zero-order valence-electron chi connectivity index (χ0n) is 23.9. The van der Waals surface area contributed by atoms with Gasteiger partial charge in [0.2, 0.25) is 0 Å². The van der Waals surface area contributed by atoms with Crippen molar-refractivity contribution in [3.63, 3.8) is 0 Å². The van der Waals surface area contributed by atoms with Crippen molar-refractivity contribution in [2.45, 2.75) is 19.3 Å². The average molecular weight is 553 g/mol. The van der Waals surface area contributed by atoms with Crippen molar-refractivity contribution >= 4 is 47.0 Å². The first kappa shape index (κ1) is 26.8. The van der Waals surface area contributed by atoms with Crippen molar-refractivity contribution in [2.75, 3.05) is 4.90 Å². The quantitative estimate of drug-likeness (QED) is 0.155. The summed E-state index contributed by atoms with van der Waals surface area (Å²) >= 11 is 0. The Labute approximate surface area is 255 Å². The van der Waals surface area contributed by atoms with Gasteiger partial charge in [-0.25, -0.2) is 0 Å². The van der Waals surface area contributed by atoms with Crippen LogP contribution in [0.1, 0.15) is 25.0 Å². The molecule has 0 N–H and O–H groups in total. The fourth-order valence-corrected chi connectivity index (χ4v) is 6.92. The van der Waals surface area contributed by atoms with Gasteiger partial charge in [-0.15, -0.1) is 0 Å². The number of nitrogens with zero attached hydrogens (tertiary/aromatic N) is 1. The zero-order valence-corrected chi connectivity index (χ0v) is 23.9.